The summed E-state index contributed by atoms with van der Waals surface area (Å²) in [5.41, 5.74) is -0.259. The van der Waals surface area contributed by atoms with Crippen LogP contribution in [0.15, 0.2) is 18.2 Å². The molecule has 19 heavy (non-hydrogen) atoms. The van der Waals surface area contributed by atoms with Crippen molar-refractivity contribution < 1.29 is 14.4 Å². The number of rotatable bonds is 7. The Morgan fingerprint density at radius 3 is 2.68 bits per heavy atom. The molecule has 0 bridgehead atoms. The highest BCUT2D eigenvalue weighted by Crippen LogP contribution is 2.25. The number of nitro benzene ring substituents is 1. The summed E-state index contributed by atoms with van der Waals surface area (Å²) in [7, 11) is 0. The van der Waals surface area contributed by atoms with E-state index < -0.39 is 22.5 Å². The Morgan fingerprint density at radius 1 is 1.47 bits per heavy atom. The lowest BCUT2D eigenvalue weighted by Crippen LogP contribution is -2.34. The first-order valence-corrected chi connectivity index (χ1v) is 6.36. The summed E-state index contributed by atoms with van der Waals surface area (Å²) >= 11 is 0. The number of hydrogen-bond acceptors (Lipinski definition) is 4. The van der Waals surface area contributed by atoms with Gasteiger partial charge in [0.1, 0.15) is 0 Å². The molecule has 2 atom stereocenters. The molecule has 0 aliphatic carbocycles. The minimum Gasteiger partial charge on any atom is -0.387 e. The van der Waals surface area contributed by atoms with Crippen molar-refractivity contribution in [2.45, 2.75) is 38.8 Å². The second-order valence-electron chi connectivity index (χ2n) is 4.38. The number of aliphatic hydroxyl groups excluding tert-OH is 1. The average Bonchev–Trinajstić information content (AvgIpc) is 2.39. The Hall–Kier alpha value is -1.53. The number of aliphatic hydroxyl groups is 1. The number of nitrogens with zero attached hydrogens (tertiary/aromatic N) is 1. The van der Waals surface area contributed by atoms with Gasteiger partial charge in [-0.05, 0) is 31.0 Å². The second kappa shape index (κ2) is 7.16. The van der Waals surface area contributed by atoms with Gasteiger partial charge >= 0.3 is 5.69 Å². The maximum absolute atomic E-state index is 13.2. The van der Waals surface area contributed by atoms with Crippen molar-refractivity contribution in [2.75, 3.05) is 6.54 Å². The van der Waals surface area contributed by atoms with E-state index in [4.69, 9.17) is 0 Å². The lowest BCUT2D eigenvalue weighted by atomic mass is 9.99. The van der Waals surface area contributed by atoms with Gasteiger partial charge in [-0.2, -0.15) is 4.39 Å². The molecule has 5 nitrogen and oxygen atoms in total. The molecule has 6 heteroatoms. The SMILES string of the molecule is CCCNC(CC)C(O)c1ccc(F)c([N+](=O)[O-])c1. The molecular formula is C13H19FN2O3. The Morgan fingerprint density at radius 2 is 2.16 bits per heavy atom. The highest BCUT2D eigenvalue weighted by Gasteiger charge is 2.22. The fourth-order valence-corrected chi connectivity index (χ4v) is 1.89. The Kier molecular flexibility index (Phi) is 5.85. The van der Waals surface area contributed by atoms with Crippen LogP contribution in [0.25, 0.3) is 0 Å². The third-order valence-electron chi connectivity index (χ3n) is 2.99. The van der Waals surface area contributed by atoms with Crippen LogP contribution in [-0.4, -0.2) is 22.6 Å². The molecule has 1 aromatic rings. The summed E-state index contributed by atoms with van der Waals surface area (Å²) < 4.78 is 13.2. The second-order valence-corrected chi connectivity index (χ2v) is 4.38. The normalized spacial score (nSPS) is 14.1. The zero-order chi connectivity index (χ0) is 14.4. The Bertz CT molecular complexity index is 440. The number of nitro groups is 1. The molecular weight excluding hydrogens is 251 g/mol. The number of halogens is 1. The standard InChI is InChI=1S/C13H19FN2O3/c1-3-7-15-11(4-2)13(17)9-5-6-10(14)12(8-9)16(18)19/h5-6,8,11,13,15,17H,3-4,7H2,1-2H3. The molecule has 0 spiro atoms. The van der Waals surface area contributed by atoms with Gasteiger partial charge in [0.2, 0.25) is 5.82 Å². The minimum absolute atomic E-state index is 0.204. The molecule has 0 aliphatic heterocycles. The zero-order valence-electron chi connectivity index (χ0n) is 11.1. The van der Waals surface area contributed by atoms with Crippen LogP contribution in [0.1, 0.15) is 38.4 Å². The molecule has 2 N–H and O–H groups in total. The van der Waals surface area contributed by atoms with Crippen LogP contribution < -0.4 is 5.32 Å². The van der Waals surface area contributed by atoms with E-state index in [9.17, 15) is 19.6 Å². The maximum Gasteiger partial charge on any atom is 0.305 e. The molecule has 106 valence electrons. The summed E-state index contributed by atoms with van der Waals surface area (Å²) in [6, 6.07) is 3.29. The lowest BCUT2D eigenvalue weighted by Gasteiger charge is -2.23. The van der Waals surface area contributed by atoms with Crippen LogP contribution in [0.5, 0.6) is 0 Å². The van der Waals surface area contributed by atoms with Crippen molar-refractivity contribution in [1.82, 2.24) is 5.32 Å². The lowest BCUT2D eigenvalue weighted by molar-refractivity contribution is -0.387. The van der Waals surface area contributed by atoms with Crippen LogP contribution in [0.3, 0.4) is 0 Å². The summed E-state index contributed by atoms with van der Waals surface area (Å²) in [5, 5.41) is 24.0. The van der Waals surface area contributed by atoms with Gasteiger partial charge in [0.25, 0.3) is 0 Å². The fourth-order valence-electron chi connectivity index (χ4n) is 1.89. The first-order chi connectivity index (χ1) is 9.01. The van der Waals surface area contributed by atoms with E-state index in [0.29, 0.717) is 12.0 Å². The van der Waals surface area contributed by atoms with Gasteiger partial charge in [0, 0.05) is 12.1 Å². The van der Waals surface area contributed by atoms with Crippen molar-refractivity contribution in [3.8, 4) is 0 Å². The van der Waals surface area contributed by atoms with E-state index in [0.717, 1.165) is 25.1 Å². The molecule has 0 amide bonds. The molecule has 0 aromatic heterocycles. The topological polar surface area (TPSA) is 75.4 Å². The van der Waals surface area contributed by atoms with Gasteiger partial charge in [-0.3, -0.25) is 10.1 Å². The summed E-state index contributed by atoms with van der Waals surface area (Å²) in [6.45, 7) is 4.67. The molecule has 0 heterocycles. The molecule has 0 saturated carbocycles. The fraction of sp³-hybridized carbons (Fsp3) is 0.538. The predicted molar refractivity (Wildman–Crippen MR) is 70.4 cm³/mol. The molecule has 2 unspecified atom stereocenters. The van der Waals surface area contributed by atoms with Crippen LogP contribution in [0, 0.1) is 15.9 Å². The van der Waals surface area contributed by atoms with Crippen molar-refractivity contribution in [3.63, 3.8) is 0 Å². The molecule has 0 fully saturated rings. The van der Waals surface area contributed by atoms with E-state index in [2.05, 4.69) is 5.32 Å². The molecule has 1 rings (SSSR count). The van der Waals surface area contributed by atoms with Gasteiger partial charge in [0.15, 0.2) is 0 Å². The van der Waals surface area contributed by atoms with E-state index in [1.807, 2.05) is 13.8 Å². The van der Waals surface area contributed by atoms with E-state index in [1.54, 1.807) is 0 Å². The van der Waals surface area contributed by atoms with E-state index in [-0.39, 0.29) is 6.04 Å². The number of benzene rings is 1. The molecule has 0 radical (unpaired) electrons. The van der Waals surface area contributed by atoms with Gasteiger partial charge in [0.05, 0.1) is 11.0 Å². The zero-order valence-corrected chi connectivity index (χ0v) is 11.1. The molecule has 0 saturated heterocycles. The first-order valence-electron chi connectivity index (χ1n) is 6.36. The van der Waals surface area contributed by atoms with Crippen molar-refractivity contribution in [3.05, 3.63) is 39.7 Å². The molecule has 0 aliphatic rings. The van der Waals surface area contributed by atoms with Gasteiger partial charge in [-0.15, -0.1) is 0 Å². The van der Waals surface area contributed by atoms with Gasteiger partial charge < -0.3 is 10.4 Å². The number of nitrogens with one attached hydrogen (secondary N) is 1. The quantitative estimate of drug-likeness (QED) is 0.589. The monoisotopic (exact) mass is 270 g/mol. The van der Waals surface area contributed by atoms with Crippen LogP contribution in [0.4, 0.5) is 10.1 Å². The minimum atomic E-state index is -0.893. The van der Waals surface area contributed by atoms with Crippen LogP contribution in [0.2, 0.25) is 0 Å². The van der Waals surface area contributed by atoms with Gasteiger partial charge in [-0.1, -0.05) is 19.9 Å². The van der Waals surface area contributed by atoms with E-state index >= 15 is 0 Å². The average molecular weight is 270 g/mol. The Labute approximate surface area is 111 Å². The number of hydrogen-bond donors (Lipinski definition) is 2. The van der Waals surface area contributed by atoms with Crippen molar-refractivity contribution >= 4 is 5.69 Å². The highest BCUT2D eigenvalue weighted by atomic mass is 19.1. The summed E-state index contributed by atoms with van der Waals surface area (Å²) in [6.07, 6.45) is 0.704. The third kappa shape index (κ3) is 3.97. The summed E-state index contributed by atoms with van der Waals surface area (Å²) in [4.78, 5) is 9.89. The Balaban J connectivity index is 2.94. The first kappa shape index (κ1) is 15.5. The van der Waals surface area contributed by atoms with Crippen LogP contribution in [-0.2, 0) is 0 Å². The van der Waals surface area contributed by atoms with Crippen molar-refractivity contribution in [1.29, 1.82) is 0 Å². The molecule has 1 aromatic carbocycles. The summed E-state index contributed by atoms with van der Waals surface area (Å²) in [5.74, 6) is -0.893. The van der Waals surface area contributed by atoms with Crippen LogP contribution >= 0.6 is 0 Å². The maximum atomic E-state index is 13.2. The highest BCUT2D eigenvalue weighted by molar-refractivity contribution is 5.37. The smallest absolute Gasteiger partial charge is 0.305 e. The van der Waals surface area contributed by atoms with Crippen molar-refractivity contribution in [2.24, 2.45) is 0 Å². The van der Waals surface area contributed by atoms with Gasteiger partial charge in [-0.25, -0.2) is 0 Å². The van der Waals surface area contributed by atoms with E-state index in [1.165, 1.54) is 6.07 Å². The third-order valence-corrected chi connectivity index (χ3v) is 2.99. The largest absolute Gasteiger partial charge is 0.387 e. The predicted octanol–water partition coefficient (Wildman–Crippen LogP) is 2.55.